The van der Waals surface area contributed by atoms with Gasteiger partial charge < -0.3 is 15.1 Å². The lowest BCUT2D eigenvalue weighted by molar-refractivity contribution is -0.112. The van der Waals surface area contributed by atoms with E-state index in [0.717, 1.165) is 43.1 Å². The van der Waals surface area contributed by atoms with E-state index in [4.69, 9.17) is 0 Å². The van der Waals surface area contributed by atoms with Gasteiger partial charge in [0, 0.05) is 43.2 Å². The Bertz CT molecular complexity index is 855. The summed E-state index contributed by atoms with van der Waals surface area (Å²) in [5, 5.41) is 12.2. The first-order chi connectivity index (χ1) is 14.1. The van der Waals surface area contributed by atoms with Crippen molar-refractivity contribution in [3.8, 4) is 6.07 Å². The lowest BCUT2D eigenvalue weighted by Gasteiger charge is -2.21. The Balaban J connectivity index is 2.11. The van der Waals surface area contributed by atoms with Crippen LogP contribution in [0.5, 0.6) is 0 Å². The fraction of sp³-hybridized carbons (Fsp3) is 0.333. The molecule has 0 unspecified atom stereocenters. The van der Waals surface area contributed by atoms with Gasteiger partial charge >= 0.3 is 0 Å². The molecule has 0 aliphatic carbocycles. The summed E-state index contributed by atoms with van der Waals surface area (Å²) in [5.41, 5.74) is 3.81. The minimum Gasteiger partial charge on any atom is -0.372 e. The number of amides is 1. The van der Waals surface area contributed by atoms with E-state index in [1.54, 1.807) is 6.08 Å². The van der Waals surface area contributed by atoms with Crippen molar-refractivity contribution in [2.75, 3.05) is 41.3 Å². The molecule has 0 saturated carbocycles. The highest BCUT2D eigenvalue weighted by Crippen LogP contribution is 2.19. The molecule has 0 spiro atoms. The summed E-state index contributed by atoms with van der Waals surface area (Å²) in [6, 6.07) is 17.6. The SMILES string of the molecule is CCN(CC)c1ccc(/C=C(/C#N)C(=O)Nc2ccc(N(CC)CC)cc2)cc1. The molecule has 0 saturated heterocycles. The zero-order chi connectivity index (χ0) is 21.2. The molecule has 0 atom stereocenters. The van der Waals surface area contributed by atoms with Crippen LogP contribution in [-0.4, -0.2) is 32.1 Å². The van der Waals surface area contributed by atoms with Crippen LogP contribution in [0.2, 0.25) is 0 Å². The van der Waals surface area contributed by atoms with Gasteiger partial charge in [-0.1, -0.05) is 12.1 Å². The quantitative estimate of drug-likeness (QED) is 0.487. The molecule has 0 heterocycles. The molecule has 0 radical (unpaired) electrons. The van der Waals surface area contributed by atoms with Crippen LogP contribution >= 0.6 is 0 Å². The molecule has 0 fully saturated rings. The fourth-order valence-corrected chi connectivity index (χ4v) is 3.23. The van der Waals surface area contributed by atoms with Crippen molar-refractivity contribution in [1.82, 2.24) is 0 Å². The molecular formula is C24H30N4O. The molecule has 29 heavy (non-hydrogen) atoms. The smallest absolute Gasteiger partial charge is 0.266 e. The van der Waals surface area contributed by atoms with Gasteiger partial charge in [0.1, 0.15) is 11.6 Å². The Labute approximate surface area is 174 Å². The average molecular weight is 391 g/mol. The van der Waals surface area contributed by atoms with Crippen LogP contribution in [0.4, 0.5) is 17.1 Å². The highest BCUT2D eigenvalue weighted by Gasteiger charge is 2.10. The highest BCUT2D eigenvalue weighted by molar-refractivity contribution is 6.09. The number of nitrogens with one attached hydrogen (secondary N) is 1. The van der Waals surface area contributed by atoms with E-state index < -0.39 is 5.91 Å². The monoisotopic (exact) mass is 390 g/mol. The molecule has 1 N–H and O–H groups in total. The summed E-state index contributed by atoms with van der Waals surface area (Å²) in [6.07, 6.45) is 1.62. The van der Waals surface area contributed by atoms with E-state index in [9.17, 15) is 10.1 Å². The Kier molecular flexibility index (Phi) is 8.29. The van der Waals surface area contributed by atoms with Crippen molar-refractivity contribution in [1.29, 1.82) is 5.26 Å². The van der Waals surface area contributed by atoms with Gasteiger partial charge in [0.2, 0.25) is 0 Å². The zero-order valence-corrected chi connectivity index (χ0v) is 17.8. The highest BCUT2D eigenvalue weighted by atomic mass is 16.1. The van der Waals surface area contributed by atoms with Gasteiger partial charge in [-0.3, -0.25) is 4.79 Å². The Morgan fingerprint density at radius 2 is 1.31 bits per heavy atom. The Hall–Kier alpha value is -3.26. The molecule has 2 rings (SSSR count). The van der Waals surface area contributed by atoms with E-state index in [1.807, 2.05) is 54.6 Å². The van der Waals surface area contributed by atoms with Gasteiger partial charge in [-0.05, 0) is 75.7 Å². The van der Waals surface area contributed by atoms with Crippen LogP contribution in [0, 0.1) is 11.3 Å². The largest absolute Gasteiger partial charge is 0.372 e. The molecule has 0 aliphatic rings. The first-order valence-corrected chi connectivity index (χ1v) is 10.2. The van der Waals surface area contributed by atoms with Crippen LogP contribution < -0.4 is 15.1 Å². The Morgan fingerprint density at radius 3 is 1.72 bits per heavy atom. The van der Waals surface area contributed by atoms with Crippen molar-refractivity contribution in [3.63, 3.8) is 0 Å². The number of benzene rings is 2. The average Bonchev–Trinajstić information content (AvgIpc) is 2.75. The maximum atomic E-state index is 12.5. The number of nitrogens with zero attached hydrogens (tertiary/aromatic N) is 3. The molecule has 5 nitrogen and oxygen atoms in total. The number of hydrogen-bond donors (Lipinski definition) is 1. The van der Waals surface area contributed by atoms with Gasteiger partial charge in [0.05, 0.1) is 0 Å². The van der Waals surface area contributed by atoms with Crippen molar-refractivity contribution < 1.29 is 4.79 Å². The molecule has 5 heteroatoms. The summed E-state index contributed by atoms with van der Waals surface area (Å²) in [7, 11) is 0. The van der Waals surface area contributed by atoms with Crippen molar-refractivity contribution in [2.24, 2.45) is 0 Å². The summed E-state index contributed by atoms with van der Waals surface area (Å²) in [4.78, 5) is 17.0. The molecule has 0 aromatic heterocycles. The molecule has 0 bridgehead atoms. The van der Waals surface area contributed by atoms with Gasteiger partial charge in [-0.25, -0.2) is 0 Å². The zero-order valence-electron chi connectivity index (χ0n) is 17.8. The maximum absolute atomic E-state index is 12.5. The first kappa shape index (κ1) is 22.0. The summed E-state index contributed by atoms with van der Waals surface area (Å²) < 4.78 is 0. The lowest BCUT2D eigenvalue weighted by Crippen LogP contribution is -2.21. The summed E-state index contributed by atoms with van der Waals surface area (Å²) in [5.74, 6) is -0.407. The van der Waals surface area contributed by atoms with E-state index in [0.29, 0.717) is 5.69 Å². The maximum Gasteiger partial charge on any atom is 0.266 e. The third-order valence-corrected chi connectivity index (χ3v) is 4.95. The standard InChI is InChI=1S/C24H30N4O/c1-5-27(6-2)22-13-9-19(10-14-22)17-20(18-25)24(29)26-21-11-15-23(16-12-21)28(7-3)8-4/h9-17H,5-8H2,1-4H3,(H,26,29)/b20-17-. The molecular weight excluding hydrogens is 360 g/mol. The predicted octanol–water partition coefficient (Wildman–Crippen LogP) is 4.92. The minimum atomic E-state index is -0.407. The topological polar surface area (TPSA) is 59.4 Å². The van der Waals surface area contributed by atoms with Crippen molar-refractivity contribution in [3.05, 3.63) is 59.7 Å². The molecule has 152 valence electrons. The minimum absolute atomic E-state index is 0.0772. The van der Waals surface area contributed by atoms with Crippen LogP contribution in [0.15, 0.2) is 54.1 Å². The second-order valence-electron chi connectivity index (χ2n) is 6.61. The lowest BCUT2D eigenvalue weighted by atomic mass is 10.1. The van der Waals surface area contributed by atoms with Crippen molar-refractivity contribution >= 4 is 29.0 Å². The van der Waals surface area contributed by atoms with E-state index in [2.05, 4.69) is 42.8 Å². The fourth-order valence-electron chi connectivity index (χ4n) is 3.23. The number of carbonyl (C=O) groups excluding carboxylic acids is 1. The number of hydrogen-bond acceptors (Lipinski definition) is 4. The van der Waals surface area contributed by atoms with Gasteiger partial charge in [-0.2, -0.15) is 5.26 Å². The van der Waals surface area contributed by atoms with E-state index >= 15 is 0 Å². The molecule has 2 aromatic carbocycles. The van der Waals surface area contributed by atoms with E-state index in [1.165, 1.54) is 0 Å². The summed E-state index contributed by atoms with van der Waals surface area (Å²) in [6.45, 7) is 12.2. The van der Waals surface area contributed by atoms with Crippen LogP contribution in [-0.2, 0) is 4.79 Å². The van der Waals surface area contributed by atoms with Crippen LogP contribution in [0.1, 0.15) is 33.3 Å². The van der Waals surface area contributed by atoms with Crippen LogP contribution in [0.25, 0.3) is 6.08 Å². The third kappa shape index (κ3) is 5.86. The summed E-state index contributed by atoms with van der Waals surface area (Å²) >= 11 is 0. The Morgan fingerprint density at radius 1 is 0.862 bits per heavy atom. The first-order valence-electron chi connectivity index (χ1n) is 10.2. The number of carbonyl (C=O) groups is 1. The predicted molar refractivity (Wildman–Crippen MR) is 122 cm³/mol. The number of anilines is 3. The second-order valence-corrected chi connectivity index (χ2v) is 6.61. The van der Waals surface area contributed by atoms with Gasteiger partial charge in [-0.15, -0.1) is 0 Å². The van der Waals surface area contributed by atoms with E-state index in [-0.39, 0.29) is 5.57 Å². The van der Waals surface area contributed by atoms with Gasteiger partial charge in [0.15, 0.2) is 0 Å². The van der Waals surface area contributed by atoms with Gasteiger partial charge in [0.25, 0.3) is 5.91 Å². The van der Waals surface area contributed by atoms with Crippen LogP contribution in [0.3, 0.4) is 0 Å². The molecule has 0 aliphatic heterocycles. The number of rotatable bonds is 9. The number of nitriles is 1. The molecule has 1 amide bonds. The third-order valence-electron chi connectivity index (χ3n) is 4.95. The van der Waals surface area contributed by atoms with Crippen molar-refractivity contribution in [2.45, 2.75) is 27.7 Å². The normalized spacial score (nSPS) is 10.9. The molecule has 2 aromatic rings. The second kappa shape index (κ2) is 10.9.